The molecule has 1 aromatic heterocycles. The molecule has 6 heteroatoms. The van der Waals surface area contributed by atoms with Gasteiger partial charge in [0.15, 0.2) is 5.82 Å². The lowest BCUT2D eigenvalue weighted by atomic mass is 10.4. The van der Waals surface area contributed by atoms with Crippen molar-refractivity contribution in [3.63, 3.8) is 0 Å². The summed E-state index contributed by atoms with van der Waals surface area (Å²) in [7, 11) is 0. The van der Waals surface area contributed by atoms with E-state index in [1.807, 2.05) is 0 Å². The Morgan fingerprint density at radius 3 is 3.20 bits per heavy atom. The quantitative estimate of drug-likeness (QED) is 0.659. The lowest BCUT2D eigenvalue weighted by Crippen LogP contribution is -2.23. The van der Waals surface area contributed by atoms with E-state index in [2.05, 4.69) is 25.4 Å². The van der Waals surface area contributed by atoms with E-state index >= 15 is 0 Å². The Hall–Kier alpha value is -1.43. The molecule has 0 spiro atoms. The van der Waals surface area contributed by atoms with Crippen LogP contribution in [-0.4, -0.2) is 33.8 Å². The number of nitrogens with zero attached hydrogens (tertiary/aromatic N) is 3. The fourth-order valence-electron chi connectivity index (χ4n) is 1.67. The molecule has 0 bridgehead atoms. The van der Waals surface area contributed by atoms with E-state index < -0.39 is 0 Å². The number of hydrogen-bond acceptors (Lipinski definition) is 4. The Morgan fingerprint density at radius 2 is 2.40 bits per heavy atom. The Balaban J connectivity index is 2.11. The first-order chi connectivity index (χ1) is 7.27. The van der Waals surface area contributed by atoms with Crippen LogP contribution in [0.5, 0.6) is 0 Å². The zero-order chi connectivity index (χ0) is 10.7. The van der Waals surface area contributed by atoms with Gasteiger partial charge >= 0.3 is 0 Å². The van der Waals surface area contributed by atoms with E-state index in [4.69, 9.17) is 0 Å². The standard InChI is InChI=1S/C9H15N5O/c1-7(15)11-6-9-13-12-8-2-3-10-4-5-14(8)9/h10H,2-6H2,1H3,(H,11,15). The number of fused-ring (bicyclic) bond motifs is 1. The SMILES string of the molecule is CC(=O)NCc1nnc2n1CCNCC2. The average molecular weight is 209 g/mol. The number of nitrogens with one attached hydrogen (secondary N) is 2. The fourth-order valence-corrected chi connectivity index (χ4v) is 1.67. The smallest absolute Gasteiger partial charge is 0.217 e. The first kappa shape index (κ1) is 10.1. The molecule has 0 saturated carbocycles. The first-order valence-corrected chi connectivity index (χ1v) is 5.13. The molecule has 0 aromatic carbocycles. The lowest BCUT2D eigenvalue weighted by Gasteiger charge is -2.06. The van der Waals surface area contributed by atoms with Gasteiger partial charge in [-0.15, -0.1) is 10.2 Å². The lowest BCUT2D eigenvalue weighted by molar-refractivity contribution is -0.119. The highest BCUT2D eigenvalue weighted by molar-refractivity contribution is 5.72. The van der Waals surface area contributed by atoms with Gasteiger partial charge in [-0.3, -0.25) is 4.79 Å². The normalized spacial score (nSPS) is 15.5. The van der Waals surface area contributed by atoms with Crippen molar-refractivity contribution in [3.05, 3.63) is 11.6 Å². The zero-order valence-electron chi connectivity index (χ0n) is 8.79. The minimum Gasteiger partial charge on any atom is -0.349 e. The van der Waals surface area contributed by atoms with Crippen LogP contribution >= 0.6 is 0 Å². The Labute approximate surface area is 88.1 Å². The van der Waals surface area contributed by atoms with Crippen molar-refractivity contribution in [1.29, 1.82) is 0 Å². The number of carbonyl (C=O) groups excluding carboxylic acids is 1. The molecular formula is C9H15N5O. The zero-order valence-corrected chi connectivity index (χ0v) is 8.79. The maximum Gasteiger partial charge on any atom is 0.217 e. The molecule has 0 fully saturated rings. The van der Waals surface area contributed by atoms with Crippen molar-refractivity contribution in [2.45, 2.75) is 26.4 Å². The van der Waals surface area contributed by atoms with Crippen LogP contribution < -0.4 is 10.6 Å². The molecule has 0 saturated heterocycles. The monoisotopic (exact) mass is 209 g/mol. The molecule has 82 valence electrons. The fraction of sp³-hybridized carbons (Fsp3) is 0.667. The predicted molar refractivity (Wildman–Crippen MR) is 54.1 cm³/mol. The summed E-state index contributed by atoms with van der Waals surface area (Å²) in [5.74, 6) is 1.79. The summed E-state index contributed by atoms with van der Waals surface area (Å²) in [4.78, 5) is 10.8. The van der Waals surface area contributed by atoms with Gasteiger partial charge in [-0.25, -0.2) is 0 Å². The minimum atomic E-state index is -0.0425. The van der Waals surface area contributed by atoms with Gasteiger partial charge in [-0.05, 0) is 0 Å². The van der Waals surface area contributed by atoms with Gasteiger partial charge in [0.2, 0.25) is 5.91 Å². The average Bonchev–Trinajstić information content (AvgIpc) is 2.44. The van der Waals surface area contributed by atoms with Gasteiger partial charge in [-0.1, -0.05) is 0 Å². The first-order valence-electron chi connectivity index (χ1n) is 5.13. The maximum atomic E-state index is 10.8. The van der Waals surface area contributed by atoms with Crippen LogP contribution in [0.2, 0.25) is 0 Å². The van der Waals surface area contributed by atoms with Crippen LogP contribution in [0.1, 0.15) is 18.6 Å². The van der Waals surface area contributed by atoms with E-state index in [0.717, 1.165) is 37.7 Å². The summed E-state index contributed by atoms with van der Waals surface area (Å²) in [5.41, 5.74) is 0. The summed E-state index contributed by atoms with van der Waals surface area (Å²) in [5, 5.41) is 14.2. The molecule has 1 aliphatic heterocycles. The summed E-state index contributed by atoms with van der Waals surface area (Å²) in [6, 6.07) is 0. The van der Waals surface area contributed by atoms with Crippen molar-refractivity contribution in [2.75, 3.05) is 13.1 Å². The van der Waals surface area contributed by atoms with Crippen LogP contribution in [0.3, 0.4) is 0 Å². The topological polar surface area (TPSA) is 71.8 Å². The Bertz CT molecular complexity index is 359. The van der Waals surface area contributed by atoms with Crippen LogP contribution in [0.25, 0.3) is 0 Å². The second kappa shape index (κ2) is 4.39. The molecule has 0 unspecified atom stereocenters. The van der Waals surface area contributed by atoms with E-state index in [1.54, 1.807) is 0 Å². The van der Waals surface area contributed by atoms with E-state index in [0.29, 0.717) is 6.54 Å². The molecule has 1 aliphatic rings. The molecule has 2 heterocycles. The summed E-state index contributed by atoms with van der Waals surface area (Å²) >= 11 is 0. The number of carbonyl (C=O) groups is 1. The largest absolute Gasteiger partial charge is 0.349 e. The number of hydrogen-bond donors (Lipinski definition) is 2. The summed E-state index contributed by atoms with van der Waals surface area (Å²) < 4.78 is 2.08. The van der Waals surface area contributed by atoms with Gasteiger partial charge in [0.1, 0.15) is 5.82 Å². The maximum absolute atomic E-state index is 10.8. The van der Waals surface area contributed by atoms with Crippen LogP contribution in [-0.2, 0) is 24.3 Å². The highest BCUT2D eigenvalue weighted by Gasteiger charge is 2.13. The third kappa shape index (κ3) is 2.33. The van der Waals surface area contributed by atoms with Crippen molar-refractivity contribution in [1.82, 2.24) is 25.4 Å². The number of amides is 1. The van der Waals surface area contributed by atoms with Crippen molar-refractivity contribution in [3.8, 4) is 0 Å². The molecule has 0 radical (unpaired) electrons. The van der Waals surface area contributed by atoms with Gasteiger partial charge in [-0.2, -0.15) is 0 Å². The molecule has 1 aromatic rings. The van der Waals surface area contributed by atoms with Gasteiger partial charge in [0.05, 0.1) is 6.54 Å². The van der Waals surface area contributed by atoms with Gasteiger partial charge < -0.3 is 15.2 Å². The summed E-state index contributed by atoms with van der Waals surface area (Å²) in [6.45, 7) is 4.71. The van der Waals surface area contributed by atoms with Crippen molar-refractivity contribution >= 4 is 5.91 Å². The highest BCUT2D eigenvalue weighted by Crippen LogP contribution is 2.04. The third-order valence-corrected chi connectivity index (χ3v) is 2.44. The summed E-state index contributed by atoms with van der Waals surface area (Å²) in [6.07, 6.45) is 0.896. The third-order valence-electron chi connectivity index (χ3n) is 2.44. The highest BCUT2D eigenvalue weighted by atomic mass is 16.1. The van der Waals surface area contributed by atoms with Crippen LogP contribution in [0, 0.1) is 0 Å². The molecular weight excluding hydrogens is 194 g/mol. The molecule has 2 N–H and O–H groups in total. The molecule has 15 heavy (non-hydrogen) atoms. The van der Waals surface area contributed by atoms with Gasteiger partial charge in [0, 0.05) is 33.0 Å². The second-order valence-corrected chi connectivity index (χ2v) is 3.59. The van der Waals surface area contributed by atoms with E-state index in [-0.39, 0.29) is 5.91 Å². The number of aromatic nitrogens is 3. The molecule has 6 nitrogen and oxygen atoms in total. The van der Waals surface area contributed by atoms with E-state index in [1.165, 1.54) is 6.92 Å². The second-order valence-electron chi connectivity index (χ2n) is 3.59. The molecule has 1 amide bonds. The van der Waals surface area contributed by atoms with Gasteiger partial charge in [0.25, 0.3) is 0 Å². The molecule has 0 atom stereocenters. The molecule has 2 rings (SSSR count). The van der Waals surface area contributed by atoms with E-state index in [9.17, 15) is 4.79 Å². The van der Waals surface area contributed by atoms with Crippen LogP contribution in [0.4, 0.5) is 0 Å². The molecule has 0 aliphatic carbocycles. The van der Waals surface area contributed by atoms with Crippen molar-refractivity contribution in [2.24, 2.45) is 0 Å². The van der Waals surface area contributed by atoms with Crippen molar-refractivity contribution < 1.29 is 4.79 Å². The Morgan fingerprint density at radius 1 is 1.53 bits per heavy atom. The Kier molecular flexibility index (Phi) is 2.96. The number of rotatable bonds is 2. The minimum absolute atomic E-state index is 0.0425. The van der Waals surface area contributed by atoms with Crippen LogP contribution in [0.15, 0.2) is 0 Å². The predicted octanol–water partition coefficient (Wildman–Crippen LogP) is -0.940.